The molecule has 1 aliphatic heterocycles. The molecule has 4 heteroatoms. The Morgan fingerprint density at radius 2 is 1.95 bits per heavy atom. The van der Waals surface area contributed by atoms with Crippen molar-refractivity contribution in [3.05, 3.63) is 46.6 Å². The quantitative estimate of drug-likeness (QED) is 0.672. The van der Waals surface area contributed by atoms with Crippen molar-refractivity contribution in [2.75, 3.05) is 11.4 Å². The number of hydrogen-bond donors (Lipinski definition) is 0. The molecule has 0 atom stereocenters. The summed E-state index contributed by atoms with van der Waals surface area (Å²) in [5, 5.41) is 1.32. The van der Waals surface area contributed by atoms with Crippen LogP contribution in [0.15, 0.2) is 30.6 Å². The van der Waals surface area contributed by atoms with Gasteiger partial charge in [0.15, 0.2) is 0 Å². The van der Waals surface area contributed by atoms with Crippen LogP contribution in [-0.2, 0) is 19.3 Å². The van der Waals surface area contributed by atoms with Crippen LogP contribution in [0.25, 0.3) is 10.2 Å². The molecule has 0 spiro atoms. The molecule has 0 saturated heterocycles. The van der Waals surface area contributed by atoms with Gasteiger partial charge in [-0.3, -0.25) is 0 Å². The first kappa shape index (κ1) is 12.6. The van der Waals surface area contributed by atoms with Crippen LogP contribution >= 0.6 is 11.3 Å². The summed E-state index contributed by atoms with van der Waals surface area (Å²) in [7, 11) is 0. The highest BCUT2D eigenvalue weighted by molar-refractivity contribution is 7.19. The molecule has 0 unspecified atom stereocenters. The fraction of sp³-hybridized carbons (Fsp3) is 0.333. The lowest BCUT2D eigenvalue weighted by Crippen LogP contribution is -2.25. The molecule has 22 heavy (non-hydrogen) atoms. The van der Waals surface area contributed by atoms with Crippen molar-refractivity contribution >= 4 is 33.1 Å². The minimum Gasteiger partial charge on any atom is -0.325 e. The lowest BCUT2D eigenvalue weighted by molar-refractivity contribution is 0.761. The molecule has 0 N–H and O–H groups in total. The molecule has 0 bridgehead atoms. The molecule has 5 rings (SSSR count). The standard InChI is InChI=1S/C18H17N3S/c1-2-8-14-12(5-1)6-4-10-21(14)17-16-13-7-3-9-15(13)22-18(16)20-11-19-17/h1-2,5,8,11H,3-4,6-7,9-10H2. The third-order valence-corrected chi connectivity index (χ3v) is 6.05. The first-order valence-electron chi connectivity index (χ1n) is 8.02. The van der Waals surface area contributed by atoms with E-state index >= 15 is 0 Å². The number of anilines is 2. The summed E-state index contributed by atoms with van der Waals surface area (Å²) in [6, 6.07) is 8.75. The number of rotatable bonds is 1. The van der Waals surface area contributed by atoms with Crippen LogP contribution in [0.4, 0.5) is 11.5 Å². The van der Waals surface area contributed by atoms with Gasteiger partial charge in [-0.05, 0) is 49.3 Å². The zero-order valence-corrected chi connectivity index (χ0v) is 13.2. The van der Waals surface area contributed by atoms with E-state index in [0.717, 1.165) is 17.2 Å². The first-order valence-corrected chi connectivity index (χ1v) is 8.84. The van der Waals surface area contributed by atoms with Crippen LogP contribution in [0.5, 0.6) is 0 Å². The Labute approximate surface area is 133 Å². The van der Waals surface area contributed by atoms with Gasteiger partial charge >= 0.3 is 0 Å². The highest BCUT2D eigenvalue weighted by atomic mass is 32.1. The van der Waals surface area contributed by atoms with Gasteiger partial charge in [0.25, 0.3) is 0 Å². The third-order valence-electron chi connectivity index (χ3n) is 4.85. The van der Waals surface area contributed by atoms with E-state index in [1.807, 2.05) is 11.3 Å². The average molecular weight is 307 g/mol. The molecule has 1 aliphatic carbocycles. The van der Waals surface area contributed by atoms with Gasteiger partial charge in [-0.25, -0.2) is 9.97 Å². The van der Waals surface area contributed by atoms with E-state index in [9.17, 15) is 0 Å². The summed E-state index contributed by atoms with van der Waals surface area (Å²) in [4.78, 5) is 14.3. The van der Waals surface area contributed by atoms with Gasteiger partial charge in [0.05, 0.1) is 5.39 Å². The second kappa shape index (κ2) is 4.78. The Balaban J connectivity index is 1.75. The fourth-order valence-corrected chi connectivity index (χ4v) is 5.09. The van der Waals surface area contributed by atoms with Crippen molar-refractivity contribution in [2.45, 2.75) is 32.1 Å². The fourth-order valence-electron chi connectivity index (χ4n) is 3.87. The van der Waals surface area contributed by atoms with Crippen LogP contribution in [0.3, 0.4) is 0 Å². The molecule has 3 heterocycles. The number of aryl methyl sites for hydroxylation is 3. The van der Waals surface area contributed by atoms with Crippen LogP contribution in [-0.4, -0.2) is 16.5 Å². The lowest BCUT2D eigenvalue weighted by atomic mass is 10.0. The highest BCUT2D eigenvalue weighted by Crippen LogP contribution is 2.43. The summed E-state index contributed by atoms with van der Waals surface area (Å²) in [5.41, 5.74) is 4.28. The Morgan fingerprint density at radius 3 is 2.95 bits per heavy atom. The topological polar surface area (TPSA) is 29.0 Å². The van der Waals surface area contributed by atoms with Crippen LogP contribution in [0, 0.1) is 0 Å². The summed E-state index contributed by atoms with van der Waals surface area (Å²) >= 11 is 1.87. The summed E-state index contributed by atoms with van der Waals surface area (Å²) in [5.74, 6) is 1.12. The smallest absolute Gasteiger partial charge is 0.145 e. The van der Waals surface area contributed by atoms with Crippen molar-refractivity contribution in [3.8, 4) is 0 Å². The van der Waals surface area contributed by atoms with Crippen LogP contribution in [0.2, 0.25) is 0 Å². The monoisotopic (exact) mass is 307 g/mol. The number of para-hydroxylation sites is 1. The number of benzene rings is 1. The van der Waals surface area contributed by atoms with E-state index in [1.54, 1.807) is 6.33 Å². The predicted molar refractivity (Wildman–Crippen MR) is 91.2 cm³/mol. The van der Waals surface area contributed by atoms with E-state index < -0.39 is 0 Å². The molecule has 2 aromatic heterocycles. The molecule has 0 fully saturated rings. The first-order chi connectivity index (χ1) is 10.9. The van der Waals surface area contributed by atoms with Gasteiger partial charge in [0.2, 0.25) is 0 Å². The minimum absolute atomic E-state index is 1.05. The van der Waals surface area contributed by atoms with Crippen molar-refractivity contribution in [2.24, 2.45) is 0 Å². The number of fused-ring (bicyclic) bond motifs is 4. The van der Waals surface area contributed by atoms with Gasteiger partial charge < -0.3 is 4.90 Å². The van der Waals surface area contributed by atoms with Crippen molar-refractivity contribution < 1.29 is 0 Å². The number of hydrogen-bond acceptors (Lipinski definition) is 4. The minimum atomic E-state index is 1.05. The molecule has 3 aromatic rings. The predicted octanol–water partition coefficient (Wildman–Crippen LogP) is 4.26. The summed E-state index contributed by atoms with van der Waals surface area (Å²) < 4.78 is 0. The van der Waals surface area contributed by atoms with Crippen molar-refractivity contribution in [1.82, 2.24) is 9.97 Å². The zero-order valence-electron chi connectivity index (χ0n) is 12.4. The van der Waals surface area contributed by atoms with E-state index in [-0.39, 0.29) is 0 Å². The molecule has 1 aromatic carbocycles. The van der Waals surface area contributed by atoms with Gasteiger partial charge in [0, 0.05) is 17.1 Å². The Bertz CT molecular complexity index is 868. The maximum absolute atomic E-state index is 4.70. The summed E-state index contributed by atoms with van der Waals surface area (Å²) in [6.45, 7) is 1.05. The van der Waals surface area contributed by atoms with Crippen molar-refractivity contribution in [1.29, 1.82) is 0 Å². The normalized spacial score (nSPS) is 16.8. The number of thiophene rings is 1. The molecule has 0 amide bonds. The average Bonchev–Trinajstić information content (AvgIpc) is 3.14. The van der Waals surface area contributed by atoms with Crippen molar-refractivity contribution in [3.63, 3.8) is 0 Å². The second-order valence-electron chi connectivity index (χ2n) is 6.12. The van der Waals surface area contributed by atoms with E-state index in [2.05, 4.69) is 34.1 Å². The van der Waals surface area contributed by atoms with Crippen LogP contribution in [0.1, 0.15) is 28.8 Å². The molecule has 3 nitrogen and oxygen atoms in total. The van der Waals surface area contributed by atoms with E-state index in [0.29, 0.717) is 0 Å². The second-order valence-corrected chi connectivity index (χ2v) is 7.20. The molecule has 2 aliphatic rings. The molecule has 0 saturated carbocycles. The van der Waals surface area contributed by atoms with Gasteiger partial charge in [0.1, 0.15) is 17.0 Å². The zero-order chi connectivity index (χ0) is 14.5. The maximum Gasteiger partial charge on any atom is 0.145 e. The highest BCUT2D eigenvalue weighted by Gasteiger charge is 2.26. The third kappa shape index (κ3) is 1.73. The van der Waals surface area contributed by atoms with Gasteiger partial charge in [-0.15, -0.1) is 11.3 Å². The van der Waals surface area contributed by atoms with Crippen LogP contribution < -0.4 is 4.90 Å². The molecular formula is C18H17N3S. The van der Waals surface area contributed by atoms with E-state index in [4.69, 9.17) is 4.98 Å². The Kier molecular flexibility index (Phi) is 2.74. The number of nitrogens with zero attached hydrogens (tertiary/aromatic N) is 3. The van der Waals surface area contributed by atoms with E-state index in [1.165, 1.54) is 59.2 Å². The maximum atomic E-state index is 4.70. The SMILES string of the molecule is c1ccc2c(c1)CCCN2c1ncnc2sc3c(c12)CCC3. The van der Waals surface area contributed by atoms with Gasteiger partial charge in [-0.2, -0.15) is 0 Å². The Morgan fingerprint density at radius 1 is 1.00 bits per heavy atom. The lowest BCUT2D eigenvalue weighted by Gasteiger charge is -2.30. The number of aromatic nitrogens is 2. The van der Waals surface area contributed by atoms with Gasteiger partial charge in [-0.1, -0.05) is 18.2 Å². The molecular weight excluding hydrogens is 290 g/mol. The largest absolute Gasteiger partial charge is 0.325 e. The molecule has 0 radical (unpaired) electrons. The Hall–Kier alpha value is -1.94. The molecule has 110 valence electrons. The summed E-state index contributed by atoms with van der Waals surface area (Å²) in [6.07, 6.45) is 7.78.